The number of amides is 1. The van der Waals surface area contributed by atoms with E-state index in [2.05, 4.69) is 5.32 Å². The largest absolute Gasteiger partial charge is 0.453 e. The summed E-state index contributed by atoms with van der Waals surface area (Å²) in [5, 5.41) is 2.49. The van der Waals surface area contributed by atoms with Gasteiger partial charge in [0, 0.05) is 12.6 Å². The molecule has 0 spiro atoms. The van der Waals surface area contributed by atoms with Crippen LogP contribution in [0.3, 0.4) is 0 Å². The van der Waals surface area contributed by atoms with Crippen molar-refractivity contribution < 1.29 is 19.1 Å². The summed E-state index contributed by atoms with van der Waals surface area (Å²) in [5.41, 5.74) is 1.18. The maximum absolute atomic E-state index is 12.8. The van der Waals surface area contributed by atoms with Crippen LogP contribution in [0, 0.1) is 5.92 Å². The first-order valence-corrected chi connectivity index (χ1v) is 7.69. The first-order valence-electron chi connectivity index (χ1n) is 7.69. The second kappa shape index (κ2) is 6.66. The molecule has 1 N–H and O–H groups in total. The van der Waals surface area contributed by atoms with Gasteiger partial charge >= 0.3 is 5.97 Å². The van der Waals surface area contributed by atoms with Gasteiger partial charge in [0.2, 0.25) is 11.7 Å². The number of Topliss-reactive ketones (excluding diaryl/α,β-unsaturated/α-hetero) is 1. The summed E-state index contributed by atoms with van der Waals surface area (Å²) in [6, 6.07) is 17.7. The molecule has 1 fully saturated rings. The SMILES string of the molecule is CNC(=O)C1C(=O)OC(C(=O)c2ccccc2)C1c1ccccc1. The van der Waals surface area contributed by atoms with Crippen LogP contribution >= 0.6 is 0 Å². The second-order valence-electron chi connectivity index (χ2n) is 5.62. The Bertz CT molecular complexity index is 757. The third-order valence-electron chi connectivity index (χ3n) is 4.21. The van der Waals surface area contributed by atoms with E-state index in [1.807, 2.05) is 18.2 Å². The van der Waals surface area contributed by atoms with Crippen LogP contribution < -0.4 is 5.32 Å². The first kappa shape index (κ1) is 15.9. The maximum Gasteiger partial charge on any atom is 0.320 e. The summed E-state index contributed by atoms with van der Waals surface area (Å²) in [6.07, 6.45) is -1.01. The zero-order valence-corrected chi connectivity index (χ0v) is 13.1. The van der Waals surface area contributed by atoms with Crippen molar-refractivity contribution in [1.82, 2.24) is 5.32 Å². The van der Waals surface area contributed by atoms with E-state index < -0.39 is 29.8 Å². The summed E-state index contributed by atoms with van der Waals surface area (Å²) in [7, 11) is 1.46. The molecule has 2 aromatic rings. The Hall–Kier alpha value is -2.95. The van der Waals surface area contributed by atoms with E-state index in [4.69, 9.17) is 4.74 Å². The number of cyclic esters (lactones) is 1. The fourth-order valence-corrected chi connectivity index (χ4v) is 3.04. The Morgan fingerprint density at radius 1 is 0.958 bits per heavy atom. The van der Waals surface area contributed by atoms with Gasteiger partial charge in [-0.3, -0.25) is 14.4 Å². The monoisotopic (exact) mass is 323 g/mol. The van der Waals surface area contributed by atoms with Crippen molar-refractivity contribution in [3.63, 3.8) is 0 Å². The Morgan fingerprint density at radius 2 is 1.54 bits per heavy atom. The molecule has 1 aliphatic rings. The smallest absolute Gasteiger partial charge is 0.320 e. The molecule has 1 saturated heterocycles. The highest BCUT2D eigenvalue weighted by Gasteiger charge is 2.52. The molecular formula is C19H17NO4. The molecule has 1 aliphatic heterocycles. The molecule has 0 aliphatic carbocycles. The van der Waals surface area contributed by atoms with Gasteiger partial charge in [-0.1, -0.05) is 60.7 Å². The number of nitrogens with one attached hydrogen (secondary N) is 1. The third kappa shape index (κ3) is 2.80. The predicted octanol–water partition coefficient (Wildman–Crippen LogP) is 1.94. The normalized spacial score (nSPS) is 22.7. The number of benzene rings is 2. The first-order chi connectivity index (χ1) is 11.6. The van der Waals surface area contributed by atoms with Crippen LogP contribution in [0.4, 0.5) is 0 Å². The molecule has 1 heterocycles. The minimum Gasteiger partial charge on any atom is -0.453 e. The van der Waals surface area contributed by atoms with Gasteiger partial charge in [0.25, 0.3) is 0 Å². The Kier molecular flexibility index (Phi) is 4.42. The molecule has 1 amide bonds. The molecular weight excluding hydrogens is 306 g/mol. The van der Waals surface area contributed by atoms with E-state index in [9.17, 15) is 14.4 Å². The number of esters is 1. The summed E-state index contributed by atoms with van der Waals surface area (Å²) >= 11 is 0. The molecule has 0 radical (unpaired) electrons. The fraction of sp³-hybridized carbons (Fsp3) is 0.211. The van der Waals surface area contributed by atoms with E-state index in [0.29, 0.717) is 5.56 Å². The highest BCUT2D eigenvalue weighted by Crippen LogP contribution is 2.38. The van der Waals surface area contributed by atoms with Crippen molar-refractivity contribution in [1.29, 1.82) is 0 Å². The minimum atomic E-state index is -1.03. The predicted molar refractivity (Wildman–Crippen MR) is 87.4 cm³/mol. The summed E-state index contributed by atoms with van der Waals surface area (Å²) in [4.78, 5) is 37.3. The maximum atomic E-state index is 12.8. The third-order valence-corrected chi connectivity index (χ3v) is 4.21. The van der Waals surface area contributed by atoms with Gasteiger partial charge in [0.05, 0.1) is 5.92 Å². The molecule has 0 aromatic heterocycles. The molecule has 5 nitrogen and oxygen atoms in total. The van der Waals surface area contributed by atoms with E-state index in [-0.39, 0.29) is 5.78 Å². The standard InChI is InChI=1S/C19H17NO4/c1-20-18(22)15-14(12-8-4-2-5-9-12)17(24-19(15)23)16(21)13-10-6-3-7-11-13/h2-11,14-15,17H,1H3,(H,20,22). The van der Waals surface area contributed by atoms with Gasteiger partial charge < -0.3 is 10.1 Å². The van der Waals surface area contributed by atoms with Gasteiger partial charge in [-0.15, -0.1) is 0 Å². The van der Waals surface area contributed by atoms with E-state index in [1.54, 1.807) is 42.5 Å². The van der Waals surface area contributed by atoms with Crippen molar-refractivity contribution in [2.75, 3.05) is 7.05 Å². The summed E-state index contributed by atoms with van der Waals surface area (Å²) in [5.74, 6) is -3.10. The molecule has 0 bridgehead atoms. The number of ether oxygens (including phenoxy) is 1. The fourth-order valence-electron chi connectivity index (χ4n) is 3.04. The van der Waals surface area contributed by atoms with Crippen LogP contribution in [-0.2, 0) is 14.3 Å². The lowest BCUT2D eigenvalue weighted by atomic mass is 9.81. The lowest BCUT2D eigenvalue weighted by Gasteiger charge is -2.20. The molecule has 0 saturated carbocycles. The molecule has 122 valence electrons. The van der Waals surface area contributed by atoms with E-state index in [1.165, 1.54) is 7.05 Å². The minimum absolute atomic E-state index is 0.302. The molecule has 3 atom stereocenters. The molecule has 24 heavy (non-hydrogen) atoms. The molecule has 2 aromatic carbocycles. The Balaban J connectivity index is 2.03. The van der Waals surface area contributed by atoms with Crippen LogP contribution in [0.1, 0.15) is 21.8 Å². The van der Waals surface area contributed by atoms with Gasteiger partial charge in [0.1, 0.15) is 5.92 Å². The number of carbonyl (C=O) groups is 3. The second-order valence-corrected chi connectivity index (χ2v) is 5.62. The lowest BCUT2D eigenvalue weighted by molar-refractivity contribution is -0.146. The quantitative estimate of drug-likeness (QED) is 0.530. The van der Waals surface area contributed by atoms with Crippen molar-refractivity contribution in [3.05, 3.63) is 71.8 Å². The Morgan fingerprint density at radius 3 is 2.12 bits per heavy atom. The van der Waals surface area contributed by atoms with Crippen molar-refractivity contribution in [3.8, 4) is 0 Å². The van der Waals surface area contributed by atoms with Gasteiger partial charge in [0.15, 0.2) is 6.10 Å². The van der Waals surface area contributed by atoms with Crippen molar-refractivity contribution >= 4 is 17.7 Å². The van der Waals surface area contributed by atoms with Crippen LogP contribution in [0.5, 0.6) is 0 Å². The summed E-state index contributed by atoms with van der Waals surface area (Å²) in [6.45, 7) is 0. The highest BCUT2D eigenvalue weighted by atomic mass is 16.6. The topological polar surface area (TPSA) is 72.5 Å². The number of ketones is 1. The van der Waals surface area contributed by atoms with Gasteiger partial charge in [-0.05, 0) is 5.56 Å². The van der Waals surface area contributed by atoms with Crippen molar-refractivity contribution in [2.45, 2.75) is 12.0 Å². The summed E-state index contributed by atoms with van der Waals surface area (Å²) < 4.78 is 5.33. The zero-order chi connectivity index (χ0) is 17.1. The van der Waals surface area contributed by atoms with Gasteiger partial charge in [-0.25, -0.2) is 0 Å². The average molecular weight is 323 g/mol. The zero-order valence-electron chi connectivity index (χ0n) is 13.1. The van der Waals surface area contributed by atoms with Crippen LogP contribution in [0.2, 0.25) is 0 Å². The van der Waals surface area contributed by atoms with E-state index >= 15 is 0 Å². The van der Waals surface area contributed by atoms with Crippen LogP contribution in [0.25, 0.3) is 0 Å². The van der Waals surface area contributed by atoms with Gasteiger partial charge in [-0.2, -0.15) is 0 Å². The van der Waals surface area contributed by atoms with Crippen LogP contribution in [0.15, 0.2) is 60.7 Å². The number of carbonyl (C=O) groups excluding carboxylic acids is 3. The Labute approximate surface area is 139 Å². The van der Waals surface area contributed by atoms with E-state index in [0.717, 1.165) is 5.56 Å². The number of hydrogen-bond acceptors (Lipinski definition) is 4. The highest BCUT2D eigenvalue weighted by molar-refractivity contribution is 6.07. The molecule has 3 rings (SSSR count). The lowest BCUT2D eigenvalue weighted by Crippen LogP contribution is -2.35. The molecule has 5 heteroatoms. The van der Waals surface area contributed by atoms with Crippen molar-refractivity contribution in [2.24, 2.45) is 5.92 Å². The number of rotatable bonds is 4. The average Bonchev–Trinajstić information content (AvgIpc) is 2.99. The number of hydrogen-bond donors (Lipinski definition) is 1. The molecule has 3 unspecified atom stereocenters. The van der Waals surface area contributed by atoms with Crippen LogP contribution in [-0.4, -0.2) is 30.8 Å².